The van der Waals surface area contributed by atoms with E-state index in [0.717, 1.165) is 28.2 Å². The van der Waals surface area contributed by atoms with Gasteiger partial charge in [0, 0.05) is 29.6 Å². The molecular weight excluding hydrogens is 512 g/mol. The van der Waals surface area contributed by atoms with Gasteiger partial charge in [-0.15, -0.1) is 0 Å². The van der Waals surface area contributed by atoms with Crippen molar-refractivity contribution in [2.45, 2.75) is 32.4 Å². The maximum Gasteiger partial charge on any atom is 0.337 e. The first-order valence-electron chi connectivity index (χ1n) is 12.6. The quantitative estimate of drug-likeness (QED) is 0.219. The molecule has 2 aromatic carbocycles. The topological polar surface area (TPSA) is 96.7 Å². The van der Waals surface area contributed by atoms with Gasteiger partial charge in [0.1, 0.15) is 17.6 Å². The summed E-state index contributed by atoms with van der Waals surface area (Å²) in [6, 6.07) is 21.9. The number of rotatable bonds is 7. The van der Waals surface area contributed by atoms with E-state index < -0.39 is 5.97 Å². The number of pyridine rings is 1. The Morgan fingerprint density at radius 2 is 1.90 bits per heavy atom. The maximum atomic E-state index is 12.0. The van der Waals surface area contributed by atoms with Gasteiger partial charge in [0.2, 0.25) is 5.91 Å². The van der Waals surface area contributed by atoms with Crippen LogP contribution in [0.4, 0.5) is 11.4 Å². The van der Waals surface area contributed by atoms with Crippen LogP contribution >= 0.6 is 12.2 Å². The van der Waals surface area contributed by atoms with Crippen LogP contribution in [0.2, 0.25) is 0 Å². The third kappa shape index (κ3) is 5.26. The van der Waals surface area contributed by atoms with Crippen molar-refractivity contribution in [1.29, 1.82) is 0 Å². The SMILES string of the molecule is CCC(=O)Nc1ccc(N2C(=S)N[C@@H](c3ccccn3)[C@@H]2c2ccc(-c3ccc(C(=O)OC)cc3)o2)cc1C. The van der Waals surface area contributed by atoms with Gasteiger partial charge < -0.3 is 24.7 Å². The molecule has 2 aromatic heterocycles. The zero-order valence-electron chi connectivity index (χ0n) is 21.8. The highest BCUT2D eigenvalue weighted by molar-refractivity contribution is 7.80. The number of carbonyl (C=O) groups is 2. The van der Waals surface area contributed by atoms with Gasteiger partial charge in [-0.25, -0.2) is 4.79 Å². The minimum atomic E-state index is -0.392. The monoisotopic (exact) mass is 540 g/mol. The Bertz CT molecular complexity index is 1520. The second-order valence-corrected chi connectivity index (χ2v) is 9.56. The number of hydrogen-bond acceptors (Lipinski definition) is 6. The van der Waals surface area contributed by atoms with Crippen LogP contribution in [-0.4, -0.2) is 29.1 Å². The minimum absolute atomic E-state index is 0.0416. The summed E-state index contributed by atoms with van der Waals surface area (Å²) in [5.41, 5.74) is 4.67. The van der Waals surface area contributed by atoms with Crippen LogP contribution in [0.1, 0.15) is 52.8 Å². The average molecular weight is 541 g/mol. The van der Waals surface area contributed by atoms with Gasteiger partial charge in [-0.1, -0.05) is 25.1 Å². The lowest BCUT2D eigenvalue weighted by molar-refractivity contribution is -0.115. The second-order valence-electron chi connectivity index (χ2n) is 9.17. The first-order chi connectivity index (χ1) is 18.9. The highest BCUT2D eigenvalue weighted by Gasteiger charge is 2.42. The Kier molecular flexibility index (Phi) is 7.42. The number of carbonyl (C=O) groups excluding carboxylic acids is 2. The van der Waals surface area contributed by atoms with Crippen molar-refractivity contribution in [2.24, 2.45) is 0 Å². The van der Waals surface area contributed by atoms with Crippen LogP contribution in [0.25, 0.3) is 11.3 Å². The van der Waals surface area contributed by atoms with Crippen molar-refractivity contribution in [1.82, 2.24) is 10.3 Å². The van der Waals surface area contributed by atoms with Gasteiger partial charge in [0.05, 0.1) is 24.4 Å². The summed E-state index contributed by atoms with van der Waals surface area (Å²) < 4.78 is 11.2. The molecule has 8 nitrogen and oxygen atoms in total. The average Bonchev–Trinajstić information content (AvgIpc) is 3.59. The molecule has 0 unspecified atom stereocenters. The molecular formula is C30H28N4O4S. The summed E-state index contributed by atoms with van der Waals surface area (Å²) in [4.78, 5) is 30.4. The van der Waals surface area contributed by atoms with E-state index in [1.165, 1.54) is 7.11 Å². The number of esters is 1. The van der Waals surface area contributed by atoms with E-state index in [0.29, 0.717) is 28.6 Å². The van der Waals surface area contributed by atoms with Crippen LogP contribution in [0.3, 0.4) is 0 Å². The maximum absolute atomic E-state index is 12.0. The lowest BCUT2D eigenvalue weighted by Crippen LogP contribution is -2.29. The number of furan rings is 1. The van der Waals surface area contributed by atoms with Crippen molar-refractivity contribution in [2.75, 3.05) is 17.3 Å². The minimum Gasteiger partial charge on any atom is -0.465 e. The van der Waals surface area contributed by atoms with E-state index in [1.807, 2.05) is 79.4 Å². The third-order valence-electron chi connectivity index (χ3n) is 6.69. The number of aromatic nitrogens is 1. The van der Waals surface area contributed by atoms with E-state index in [2.05, 4.69) is 15.6 Å². The molecule has 0 spiro atoms. The van der Waals surface area contributed by atoms with E-state index in [-0.39, 0.29) is 18.0 Å². The largest absolute Gasteiger partial charge is 0.465 e. The van der Waals surface area contributed by atoms with Gasteiger partial charge >= 0.3 is 5.97 Å². The molecule has 1 amide bonds. The number of hydrogen-bond donors (Lipinski definition) is 2. The molecule has 2 atom stereocenters. The molecule has 198 valence electrons. The zero-order valence-corrected chi connectivity index (χ0v) is 22.6. The Morgan fingerprint density at radius 3 is 2.56 bits per heavy atom. The Morgan fingerprint density at radius 1 is 1.10 bits per heavy atom. The molecule has 0 radical (unpaired) electrons. The summed E-state index contributed by atoms with van der Waals surface area (Å²) in [6.45, 7) is 3.77. The molecule has 1 saturated heterocycles. The van der Waals surface area contributed by atoms with Crippen molar-refractivity contribution in [3.05, 3.63) is 102 Å². The van der Waals surface area contributed by atoms with Gasteiger partial charge in [0.25, 0.3) is 0 Å². The number of benzene rings is 2. The number of amides is 1. The number of anilines is 2. The number of nitrogens with one attached hydrogen (secondary N) is 2. The fourth-order valence-electron chi connectivity index (χ4n) is 4.65. The second kappa shape index (κ2) is 11.1. The zero-order chi connectivity index (χ0) is 27.5. The van der Waals surface area contributed by atoms with Crippen LogP contribution < -0.4 is 15.5 Å². The number of nitrogens with zero attached hydrogens (tertiary/aromatic N) is 2. The molecule has 1 aliphatic rings. The van der Waals surface area contributed by atoms with Crippen molar-refractivity contribution >= 4 is 40.6 Å². The fourth-order valence-corrected chi connectivity index (χ4v) is 5.00. The van der Waals surface area contributed by atoms with Crippen molar-refractivity contribution in [3.8, 4) is 11.3 Å². The summed E-state index contributed by atoms with van der Waals surface area (Å²) in [7, 11) is 1.36. The predicted molar refractivity (Wildman–Crippen MR) is 154 cm³/mol. The van der Waals surface area contributed by atoms with E-state index in [1.54, 1.807) is 18.3 Å². The van der Waals surface area contributed by atoms with E-state index in [9.17, 15) is 9.59 Å². The first kappa shape index (κ1) is 26.1. The number of aryl methyl sites for hydroxylation is 1. The Hall–Kier alpha value is -4.50. The lowest BCUT2D eigenvalue weighted by atomic mass is 10.0. The van der Waals surface area contributed by atoms with Gasteiger partial charge in [0.15, 0.2) is 5.11 Å². The normalized spacial score (nSPS) is 16.6. The molecule has 2 N–H and O–H groups in total. The summed E-state index contributed by atoms with van der Waals surface area (Å²) in [5, 5.41) is 6.91. The molecule has 5 rings (SSSR count). The smallest absolute Gasteiger partial charge is 0.337 e. The Labute approximate surface area is 232 Å². The van der Waals surface area contributed by atoms with Gasteiger partial charge in [-0.3, -0.25) is 9.78 Å². The fraction of sp³-hybridized carbons (Fsp3) is 0.200. The Balaban J connectivity index is 1.53. The lowest BCUT2D eigenvalue weighted by Gasteiger charge is -2.26. The van der Waals surface area contributed by atoms with Crippen LogP contribution in [0.5, 0.6) is 0 Å². The number of methoxy groups -OCH3 is 1. The van der Waals surface area contributed by atoms with Crippen molar-refractivity contribution < 1.29 is 18.7 Å². The molecule has 4 aromatic rings. The molecule has 1 fully saturated rings. The van der Waals surface area contributed by atoms with Crippen LogP contribution in [-0.2, 0) is 9.53 Å². The summed E-state index contributed by atoms with van der Waals surface area (Å²) in [5.74, 6) is 0.926. The van der Waals surface area contributed by atoms with Crippen LogP contribution in [0.15, 0.2) is 83.4 Å². The highest BCUT2D eigenvalue weighted by atomic mass is 32.1. The van der Waals surface area contributed by atoms with E-state index >= 15 is 0 Å². The molecule has 1 aliphatic heterocycles. The molecule has 3 heterocycles. The van der Waals surface area contributed by atoms with Crippen LogP contribution in [0, 0.1) is 6.92 Å². The van der Waals surface area contributed by atoms with Crippen molar-refractivity contribution in [3.63, 3.8) is 0 Å². The first-order valence-corrected chi connectivity index (χ1v) is 13.0. The molecule has 0 bridgehead atoms. The molecule has 39 heavy (non-hydrogen) atoms. The molecule has 9 heteroatoms. The number of thiocarbonyl (C=S) groups is 1. The molecule has 0 aliphatic carbocycles. The standard InChI is InChI=1S/C30H28N4O4S/c1-4-26(35)32-22-13-12-21(17-18(22)2)34-28(27(33-30(34)39)23-7-5-6-16-31-23)25-15-14-24(38-25)19-8-10-20(11-9-19)29(36)37-3/h5-17,27-28H,4H2,1-3H3,(H,32,35)(H,33,39)/t27-,28-/m0/s1. The molecule has 0 saturated carbocycles. The van der Waals surface area contributed by atoms with Gasteiger partial charge in [-0.05, 0) is 79.3 Å². The highest BCUT2D eigenvalue weighted by Crippen LogP contribution is 2.43. The third-order valence-corrected chi connectivity index (χ3v) is 7.00. The van der Waals surface area contributed by atoms with Gasteiger partial charge in [-0.2, -0.15) is 0 Å². The summed E-state index contributed by atoms with van der Waals surface area (Å²) in [6.07, 6.45) is 2.16. The number of ether oxygens (including phenoxy) is 1. The van der Waals surface area contributed by atoms with E-state index in [4.69, 9.17) is 21.4 Å². The predicted octanol–water partition coefficient (Wildman–Crippen LogP) is 5.96. The summed E-state index contributed by atoms with van der Waals surface area (Å²) >= 11 is 5.82.